The van der Waals surface area contributed by atoms with E-state index in [1.54, 1.807) is 0 Å². The van der Waals surface area contributed by atoms with Gasteiger partial charge in [-0.2, -0.15) is 5.10 Å². The standard InChI is InChI=1S/C17H32N4/c1-12-8-9-13(2)21(11-12)16-15(10-18-17(4,5)6)14(3)19-20(16)7/h12-13,18H,8-11H2,1-7H3. The summed E-state index contributed by atoms with van der Waals surface area (Å²) < 4.78 is 2.07. The van der Waals surface area contributed by atoms with Crippen molar-refractivity contribution in [2.24, 2.45) is 13.0 Å². The molecule has 4 nitrogen and oxygen atoms in total. The van der Waals surface area contributed by atoms with Crippen LogP contribution in [0, 0.1) is 12.8 Å². The summed E-state index contributed by atoms with van der Waals surface area (Å²) in [6.07, 6.45) is 2.61. The molecule has 0 aromatic carbocycles. The fourth-order valence-corrected chi connectivity index (χ4v) is 3.19. The summed E-state index contributed by atoms with van der Waals surface area (Å²) in [5, 5.41) is 8.30. The topological polar surface area (TPSA) is 33.1 Å². The Morgan fingerprint density at radius 3 is 2.52 bits per heavy atom. The van der Waals surface area contributed by atoms with Crippen LogP contribution in [0.5, 0.6) is 0 Å². The fourth-order valence-electron chi connectivity index (χ4n) is 3.19. The van der Waals surface area contributed by atoms with Crippen LogP contribution in [-0.2, 0) is 13.6 Å². The van der Waals surface area contributed by atoms with Crippen LogP contribution in [0.15, 0.2) is 0 Å². The smallest absolute Gasteiger partial charge is 0.131 e. The van der Waals surface area contributed by atoms with E-state index in [1.165, 1.54) is 24.2 Å². The van der Waals surface area contributed by atoms with Crippen LogP contribution < -0.4 is 10.2 Å². The SMILES string of the molecule is Cc1nn(C)c(N2CC(C)CCC2C)c1CNC(C)(C)C. The molecule has 120 valence electrons. The largest absolute Gasteiger partial charge is 0.354 e. The number of nitrogens with one attached hydrogen (secondary N) is 1. The molecule has 0 bridgehead atoms. The Morgan fingerprint density at radius 1 is 1.24 bits per heavy atom. The van der Waals surface area contributed by atoms with E-state index in [-0.39, 0.29) is 5.54 Å². The highest BCUT2D eigenvalue weighted by molar-refractivity contribution is 5.51. The Hall–Kier alpha value is -1.03. The first kappa shape index (κ1) is 16.3. The molecule has 0 amide bonds. The van der Waals surface area contributed by atoms with Gasteiger partial charge in [0.2, 0.25) is 0 Å². The summed E-state index contributed by atoms with van der Waals surface area (Å²) in [5.74, 6) is 2.07. The lowest BCUT2D eigenvalue weighted by atomic mass is 9.94. The lowest BCUT2D eigenvalue weighted by molar-refractivity contribution is 0.382. The number of rotatable bonds is 3. The number of piperidine rings is 1. The molecule has 1 saturated heterocycles. The van der Waals surface area contributed by atoms with E-state index in [2.05, 4.69) is 68.6 Å². The number of aromatic nitrogens is 2. The molecule has 21 heavy (non-hydrogen) atoms. The van der Waals surface area contributed by atoms with E-state index in [0.717, 1.165) is 24.7 Å². The van der Waals surface area contributed by atoms with Gasteiger partial charge < -0.3 is 10.2 Å². The van der Waals surface area contributed by atoms with E-state index >= 15 is 0 Å². The van der Waals surface area contributed by atoms with E-state index in [9.17, 15) is 0 Å². The van der Waals surface area contributed by atoms with Crippen molar-refractivity contribution in [3.8, 4) is 0 Å². The second-order valence-corrected chi connectivity index (χ2v) is 7.80. The first-order chi connectivity index (χ1) is 9.69. The molecule has 1 fully saturated rings. The third-order valence-electron chi connectivity index (χ3n) is 4.50. The van der Waals surface area contributed by atoms with Crippen LogP contribution in [0.1, 0.15) is 58.7 Å². The van der Waals surface area contributed by atoms with E-state index in [1.807, 2.05) is 0 Å². The van der Waals surface area contributed by atoms with Crippen LogP contribution in [0.4, 0.5) is 5.82 Å². The predicted molar refractivity (Wildman–Crippen MR) is 89.7 cm³/mol. The first-order valence-corrected chi connectivity index (χ1v) is 8.23. The molecule has 2 unspecified atom stereocenters. The Balaban J connectivity index is 2.29. The van der Waals surface area contributed by atoms with Gasteiger partial charge >= 0.3 is 0 Å². The van der Waals surface area contributed by atoms with Crippen LogP contribution >= 0.6 is 0 Å². The Labute approximate surface area is 129 Å². The van der Waals surface area contributed by atoms with Crippen molar-refractivity contribution in [3.63, 3.8) is 0 Å². The molecular formula is C17H32N4. The van der Waals surface area contributed by atoms with Gasteiger partial charge in [-0.25, -0.2) is 0 Å². The second kappa shape index (κ2) is 5.99. The highest BCUT2D eigenvalue weighted by Gasteiger charge is 2.28. The zero-order chi connectivity index (χ0) is 15.8. The summed E-state index contributed by atoms with van der Waals surface area (Å²) in [6, 6.07) is 0.601. The fraction of sp³-hybridized carbons (Fsp3) is 0.824. The van der Waals surface area contributed by atoms with Gasteiger partial charge in [-0.3, -0.25) is 4.68 Å². The molecule has 1 aromatic rings. The number of hydrogen-bond donors (Lipinski definition) is 1. The average molecular weight is 292 g/mol. The maximum Gasteiger partial charge on any atom is 0.131 e. The van der Waals surface area contributed by atoms with Gasteiger partial charge in [0.25, 0.3) is 0 Å². The minimum Gasteiger partial charge on any atom is -0.354 e. The molecule has 0 aliphatic carbocycles. The van der Waals surface area contributed by atoms with Crippen LogP contribution in [0.3, 0.4) is 0 Å². The van der Waals surface area contributed by atoms with Crippen molar-refractivity contribution < 1.29 is 0 Å². The molecule has 1 aromatic heterocycles. The van der Waals surface area contributed by atoms with Gasteiger partial charge in [0.1, 0.15) is 5.82 Å². The molecule has 1 aliphatic rings. The quantitative estimate of drug-likeness (QED) is 0.928. The third-order valence-corrected chi connectivity index (χ3v) is 4.50. The molecule has 0 spiro atoms. The van der Waals surface area contributed by atoms with E-state index < -0.39 is 0 Å². The average Bonchev–Trinajstić information content (AvgIpc) is 2.63. The minimum absolute atomic E-state index is 0.125. The Morgan fingerprint density at radius 2 is 1.90 bits per heavy atom. The van der Waals surface area contributed by atoms with Crippen LogP contribution in [0.2, 0.25) is 0 Å². The summed E-state index contributed by atoms with van der Waals surface area (Å²) in [6.45, 7) is 15.5. The summed E-state index contributed by atoms with van der Waals surface area (Å²) >= 11 is 0. The molecule has 4 heteroatoms. The highest BCUT2D eigenvalue weighted by atomic mass is 15.4. The first-order valence-electron chi connectivity index (χ1n) is 8.23. The van der Waals surface area contributed by atoms with Gasteiger partial charge in [-0.05, 0) is 53.4 Å². The molecule has 0 radical (unpaired) electrons. The van der Waals surface area contributed by atoms with Crippen LogP contribution in [-0.4, -0.2) is 27.9 Å². The van der Waals surface area contributed by atoms with Crippen molar-refractivity contribution in [1.29, 1.82) is 0 Å². The second-order valence-electron chi connectivity index (χ2n) is 7.80. The molecule has 2 rings (SSSR count). The van der Waals surface area contributed by atoms with Crippen LogP contribution in [0.25, 0.3) is 0 Å². The van der Waals surface area contributed by atoms with Crippen molar-refractivity contribution in [2.45, 2.75) is 72.5 Å². The van der Waals surface area contributed by atoms with Gasteiger partial charge in [0, 0.05) is 37.3 Å². The molecule has 1 N–H and O–H groups in total. The summed E-state index contributed by atoms with van der Waals surface area (Å²) in [5.41, 5.74) is 2.63. The predicted octanol–water partition coefficient (Wildman–Crippen LogP) is 3.24. The third kappa shape index (κ3) is 3.79. The van der Waals surface area contributed by atoms with Crippen molar-refractivity contribution >= 4 is 5.82 Å². The van der Waals surface area contributed by atoms with Gasteiger partial charge in [0.15, 0.2) is 0 Å². The number of nitrogens with zero attached hydrogens (tertiary/aromatic N) is 3. The Bertz CT molecular complexity index is 484. The monoisotopic (exact) mass is 292 g/mol. The highest BCUT2D eigenvalue weighted by Crippen LogP contribution is 2.31. The molecule has 2 atom stereocenters. The summed E-state index contributed by atoms with van der Waals surface area (Å²) in [7, 11) is 2.08. The van der Waals surface area contributed by atoms with E-state index in [0.29, 0.717) is 6.04 Å². The minimum atomic E-state index is 0.125. The lowest BCUT2D eigenvalue weighted by Crippen LogP contribution is -2.43. The van der Waals surface area contributed by atoms with Crippen molar-refractivity contribution in [3.05, 3.63) is 11.3 Å². The molecule has 0 saturated carbocycles. The normalized spacial score (nSPS) is 23.7. The van der Waals surface area contributed by atoms with Gasteiger partial charge in [-0.1, -0.05) is 6.92 Å². The maximum absolute atomic E-state index is 4.68. The zero-order valence-electron chi connectivity index (χ0n) is 14.8. The molecule has 2 heterocycles. The molecular weight excluding hydrogens is 260 g/mol. The van der Waals surface area contributed by atoms with Gasteiger partial charge in [-0.15, -0.1) is 0 Å². The van der Waals surface area contributed by atoms with Crippen molar-refractivity contribution in [2.75, 3.05) is 11.4 Å². The summed E-state index contributed by atoms with van der Waals surface area (Å²) in [4.78, 5) is 2.56. The van der Waals surface area contributed by atoms with Gasteiger partial charge in [0.05, 0.1) is 5.69 Å². The van der Waals surface area contributed by atoms with E-state index in [4.69, 9.17) is 0 Å². The van der Waals surface area contributed by atoms with Crippen molar-refractivity contribution in [1.82, 2.24) is 15.1 Å². The molecule has 1 aliphatic heterocycles. The number of aryl methyl sites for hydroxylation is 2. The maximum atomic E-state index is 4.68. The zero-order valence-corrected chi connectivity index (χ0v) is 14.8. The Kier molecular flexibility index (Phi) is 4.66. The lowest BCUT2D eigenvalue weighted by Gasteiger charge is -2.39. The number of hydrogen-bond acceptors (Lipinski definition) is 3. The number of anilines is 1.